The first kappa shape index (κ1) is 25.2. The van der Waals surface area contributed by atoms with Gasteiger partial charge in [0.1, 0.15) is 12.4 Å². The van der Waals surface area contributed by atoms with E-state index in [4.69, 9.17) is 14.2 Å². The van der Waals surface area contributed by atoms with Crippen LogP contribution in [0.5, 0.6) is 5.75 Å². The zero-order valence-corrected chi connectivity index (χ0v) is 18.5. The van der Waals surface area contributed by atoms with E-state index in [0.717, 1.165) is 18.2 Å². The lowest BCUT2D eigenvalue weighted by molar-refractivity contribution is -0.152. The van der Waals surface area contributed by atoms with Crippen LogP contribution >= 0.6 is 0 Å². The Morgan fingerprint density at radius 3 is 2.50 bits per heavy atom. The van der Waals surface area contributed by atoms with Gasteiger partial charge in [0.05, 0.1) is 23.8 Å². The van der Waals surface area contributed by atoms with Crippen molar-refractivity contribution in [1.29, 1.82) is 0 Å². The fraction of sp³-hybridized carbons (Fsp3) is 0.455. The topological polar surface area (TPSA) is 103 Å². The number of ether oxygens (including phenoxy) is 3. The molecule has 0 aliphatic carbocycles. The molecule has 1 saturated heterocycles. The van der Waals surface area contributed by atoms with E-state index in [0.29, 0.717) is 31.9 Å². The zero-order valence-electron chi connectivity index (χ0n) is 18.5. The lowest BCUT2D eigenvalue weighted by Gasteiger charge is -2.30. The predicted octanol–water partition coefficient (Wildman–Crippen LogP) is 2.92. The molecule has 12 heteroatoms. The van der Waals surface area contributed by atoms with E-state index in [1.165, 1.54) is 7.11 Å². The van der Waals surface area contributed by atoms with Crippen LogP contribution in [0.2, 0.25) is 0 Å². The standard InChI is InChI=1S/C22H25F3N4O5/c1-32-11-12-33-18-4-3-16(22(23,24)25)13-17(18)28-19(30)14-34-20(31)15-5-9-29(10-6-15)21-26-7-2-8-27-21/h2-4,7-8,13,15H,5-6,9-12,14H2,1H3,(H,28,30). The van der Waals surface area contributed by atoms with Gasteiger partial charge in [-0.25, -0.2) is 9.97 Å². The number of halogens is 3. The van der Waals surface area contributed by atoms with Gasteiger partial charge >= 0.3 is 12.1 Å². The molecule has 0 atom stereocenters. The van der Waals surface area contributed by atoms with Crippen LogP contribution in [-0.2, 0) is 25.2 Å². The Kier molecular flexibility index (Phi) is 8.63. The highest BCUT2D eigenvalue weighted by Crippen LogP contribution is 2.35. The molecule has 0 bridgehead atoms. The van der Waals surface area contributed by atoms with Gasteiger partial charge in [-0.3, -0.25) is 9.59 Å². The molecule has 2 heterocycles. The number of nitrogens with one attached hydrogen (secondary N) is 1. The van der Waals surface area contributed by atoms with Crippen molar-refractivity contribution in [2.45, 2.75) is 19.0 Å². The summed E-state index contributed by atoms with van der Waals surface area (Å²) in [7, 11) is 1.45. The van der Waals surface area contributed by atoms with Gasteiger partial charge in [-0.15, -0.1) is 0 Å². The van der Waals surface area contributed by atoms with Crippen molar-refractivity contribution < 1.29 is 37.0 Å². The lowest BCUT2D eigenvalue weighted by Crippen LogP contribution is -2.38. The first-order chi connectivity index (χ1) is 16.3. The summed E-state index contributed by atoms with van der Waals surface area (Å²) in [4.78, 5) is 35.0. The highest BCUT2D eigenvalue weighted by atomic mass is 19.4. The van der Waals surface area contributed by atoms with Crippen molar-refractivity contribution in [1.82, 2.24) is 9.97 Å². The number of amides is 1. The van der Waals surface area contributed by atoms with Gasteiger partial charge in [0.2, 0.25) is 5.95 Å². The first-order valence-corrected chi connectivity index (χ1v) is 10.6. The number of rotatable bonds is 9. The van der Waals surface area contributed by atoms with E-state index >= 15 is 0 Å². The molecule has 1 aromatic carbocycles. The second kappa shape index (κ2) is 11.6. The number of esters is 1. The average Bonchev–Trinajstić information content (AvgIpc) is 2.83. The Morgan fingerprint density at radius 1 is 1.15 bits per heavy atom. The second-order valence-corrected chi connectivity index (χ2v) is 7.52. The molecule has 1 aromatic heterocycles. The van der Waals surface area contributed by atoms with Crippen LogP contribution in [0.25, 0.3) is 0 Å². The van der Waals surface area contributed by atoms with Gasteiger partial charge in [0.15, 0.2) is 6.61 Å². The molecule has 9 nitrogen and oxygen atoms in total. The van der Waals surface area contributed by atoms with Crippen molar-refractivity contribution in [3.05, 3.63) is 42.2 Å². The van der Waals surface area contributed by atoms with Crippen molar-refractivity contribution in [2.75, 3.05) is 50.2 Å². The van der Waals surface area contributed by atoms with Crippen LogP contribution in [0.4, 0.5) is 24.8 Å². The number of methoxy groups -OCH3 is 1. The van der Waals surface area contributed by atoms with Gasteiger partial charge in [-0.2, -0.15) is 13.2 Å². The summed E-state index contributed by atoms with van der Waals surface area (Å²) >= 11 is 0. The highest BCUT2D eigenvalue weighted by molar-refractivity contribution is 5.94. The van der Waals surface area contributed by atoms with Gasteiger partial charge in [0, 0.05) is 32.6 Å². The molecular formula is C22H25F3N4O5. The monoisotopic (exact) mass is 482 g/mol. The number of nitrogens with zero attached hydrogens (tertiary/aromatic N) is 3. The zero-order chi connectivity index (χ0) is 24.6. The van der Waals surface area contributed by atoms with Crippen LogP contribution in [0.3, 0.4) is 0 Å². The summed E-state index contributed by atoms with van der Waals surface area (Å²) in [6, 6.07) is 4.45. The highest BCUT2D eigenvalue weighted by Gasteiger charge is 2.32. The molecule has 34 heavy (non-hydrogen) atoms. The van der Waals surface area contributed by atoms with Gasteiger partial charge in [-0.1, -0.05) is 0 Å². The third kappa shape index (κ3) is 7.04. The molecule has 184 valence electrons. The van der Waals surface area contributed by atoms with E-state index in [-0.39, 0.29) is 24.7 Å². The molecule has 0 unspecified atom stereocenters. The van der Waals surface area contributed by atoms with Crippen molar-refractivity contribution in [3.63, 3.8) is 0 Å². The van der Waals surface area contributed by atoms with Gasteiger partial charge < -0.3 is 24.4 Å². The Morgan fingerprint density at radius 2 is 1.85 bits per heavy atom. The van der Waals surface area contributed by atoms with E-state index in [2.05, 4.69) is 15.3 Å². The molecule has 1 N–H and O–H groups in total. The fourth-order valence-corrected chi connectivity index (χ4v) is 3.38. The maximum atomic E-state index is 13.1. The Labute approximate surface area is 194 Å². The summed E-state index contributed by atoms with van der Waals surface area (Å²) in [5, 5.41) is 2.33. The van der Waals surface area contributed by atoms with E-state index in [1.807, 2.05) is 4.90 Å². The molecule has 1 amide bonds. The third-order valence-corrected chi connectivity index (χ3v) is 5.13. The van der Waals surface area contributed by atoms with Gasteiger partial charge in [-0.05, 0) is 37.1 Å². The molecule has 0 spiro atoms. The molecule has 0 radical (unpaired) electrons. The largest absolute Gasteiger partial charge is 0.489 e. The average molecular weight is 482 g/mol. The van der Waals surface area contributed by atoms with Crippen LogP contribution in [0.15, 0.2) is 36.7 Å². The van der Waals surface area contributed by atoms with Crippen LogP contribution in [-0.4, -0.2) is 61.9 Å². The Bertz CT molecular complexity index is 967. The smallest absolute Gasteiger partial charge is 0.416 e. The number of hydrogen-bond donors (Lipinski definition) is 1. The normalized spacial score (nSPS) is 14.5. The Balaban J connectivity index is 1.53. The summed E-state index contributed by atoms with van der Waals surface area (Å²) in [5.41, 5.74) is -1.13. The summed E-state index contributed by atoms with van der Waals surface area (Å²) in [5.74, 6) is -1.09. The molecule has 2 aromatic rings. The minimum Gasteiger partial charge on any atom is -0.489 e. The summed E-state index contributed by atoms with van der Waals surface area (Å²) in [6.45, 7) is 0.771. The second-order valence-electron chi connectivity index (χ2n) is 7.52. The van der Waals surface area contributed by atoms with E-state index in [9.17, 15) is 22.8 Å². The fourth-order valence-electron chi connectivity index (χ4n) is 3.38. The molecule has 3 rings (SSSR count). The quantitative estimate of drug-likeness (QED) is 0.430. The van der Waals surface area contributed by atoms with E-state index < -0.39 is 36.1 Å². The minimum absolute atomic E-state index is 0.0419. The number of alkyl halides is 3. The van der Waals surface area contributed by atoms with Crippen LogP contribution in [0.1, 0.15) is 18.4 Å². The van der Waals surface area contributed by atoms with Crippen LogP contribution < -0.4 is 15.0 Å². The van der Waals surface area contributed by atoms with Crippen molar-refractivity contribution in [3.8, 4) is 5.75 Å². The first-order valence-electron chi connectivity index (χ1n) is 10.6. The molecule has 0 saturated carbocycles. The minimum atomic E-state index is -4.60. The molecule has 1 fully saturated rings. The van der Waals surface area contributed by atoms with E-state index in [1.54, 1.807) is 18.5 Å². The lowest BCUT2D eigenvalue weighted by atomic mass is 9.97. The number of carbonyl (C=O) groups is 2. The maximum Gasteiger partial charge on any atom is 0.416 e. The predicted molar refractivity (Wildman–Crippen MR) is 115 cm³/mol. The Hall–Kier alpha value is -3.41. The SMILES string of the molecule is COCCOc1ccc(C(F)(F)F)cc1NC(=O)COC(=O)C1CCN(c2ncccn2)CC1. The molecular weight excluding hydrogens is 457 g/mol. The molecule has 1 aliphatic heterocycles. The number of aromatic nitrogens is 2. The van der Waals surface area contributed by atoms with Crippen molar-refractivity contribution in [2.24, 2.45) is 5.92 Å². The van der Waals surface area contributed by atoms with Gasteiger partial charge in [0.25, 0.3) is 5.91 Å². The maximum absolute atomic E-state index is 13.1. The number of benzene rings is 1. The number of hydrogen-bond acceptors (Lipinski definition) is 8. The summed E-state index contributed by atoms with van der Waals surface area (Å²) in [6.07, 6.45) is -0.316. The number of piperidine rings is 1. The van der Waals surface area contributed by atoms with Crippen LogP contribution in [0, 0.1) is 5.92 Å². The number of anilines is 2. The summed E-state index contributed by atoms with van der Waals surface area (Å²) < 4.78 is 54.6. The number of carbonyl (C=O) groups excluding carboxylic acids is 2. The van der Waals surface area contributed by atoms with Crippen molar-refractivity contribution >= 4 is 23.5 Å². The molecule has 1 aliphatic rings. The third-order valence-electron chi connectivity index (χ3n) is 5.13.